The van der Waals surface area contributed by atoms with E-state index in [1.54, 1.807) is 0 Å². The van der Waals surface area contributed by atoms with Crippen molar-refractivity contribution in [2.75, 3.05) is 0 Å². The largest absolute Gasteiger partial charge is 0.295 e. The molecule has 0 amide bonds. The van der Waals surface area contributed by atoms with Crippen molar-refractivity contribution in [3.05, 3.63) is 0 Å². The normalized spacial score (nSPS) is 3.33. The van der Waals surface area contributed by atoms with Gasteiger partial charge in [-0.15, -0.1) is 0 Å². The third kappa shape index (κ3) is 24.9. The summed E-state index contributed by atoms with van der Waals surface area (Å²) in [6.07, 6.45) is 0.389. The van der Waals surface area contributed by atoms with Gasteiger partial charge in [-0.2, -0.15) is 0 Å². The summed E-state index contributed by atoms with van der Waals surface area (Å²) in [6, 6.07) is 0. The van der Waals surface area contributed by atoms with Crippen LogP contribution in [0.25, 0.3) is 0 Å². The van der Waals surface area contributed by atoms with Crippen molar-refractivity contribution in [1.29, 1.82) is 0 Å². The van der Waals surface area contributed by atoms with E-state index in [-0.39, 0.29) is 48.8 Å². The van der Waals surface area contributed by atoms with Crippen molar-refractivity contribution in [2.24, 2.45) is 0 Å². The van der Waals surface area contributed by atoms with Crippen molar-refractivity contribution in [3.8, 4) is 0 Å². The summed E-state index contributed by atoms with van der Waals surface area (Å²) in [5.74, 6) is 0. The molecule has 0 aromatic rings. The van der Waals surface area contributed by atoms with Crippen LogP contribution in [-0.4, -0.2) is 12.6 Å². The summed E-state index contributed by atoms with van der Waals surface area (Å²) < 4.78 is 0. The van der Waals surface area contributed by atoms with Crippen LogP contribution < -0.4 is 0 Å². The van der Waals surface area contributed by atoms with Crippen LogP contribution >= 0.6 is 0 Å². The first-order chi connectivity index (χ1) is 1.91. The Kier molecular flexibility index (Phi) is 48.0. The molecule has 0 spiro atoms. The molecule has 0 heterocycles. The number of hydrogen-bond acceptors (Lipinski definition) is 2. The standard InChI is InChI=1S/C2H2O2.Co.Rh/c3-1-2-4;;/h1-2H;;. The van der Waals surface area contributed by atoms with Gasteiger partial charge in [0.25, 0.3) is 0 Å². The molecule has 4 heteroatoms. The SMILES string of the molecule is O=CC=O.[Co].[Rh]. The molecule has 0 rings (SSSR count). The summed E-state index contributed by atoms with van der Waals surface area (Å²) in [7, 11) is 0. The second kappa shape index (κ2) is 17.9. The predicted octanol–water partition coefficient (Wildman–Crippen LogP) is -0.621. The van der Waals surface area contributed by atoms with Gasteiger partial charge in [-0.05, 0) is 0 Å². The molecule has 0 aromatic carbocycles. The van der Waals surface area contributed by atoms with Gasteiger partial charge in [-0.25, -0.2) is 0 Å². The van der Waals surface area contributed by atoms with E-state index in [1.165, 1.54) is 0 Å². The minimum Gasteiger partial charge on any atom is -0.295 e. The number of rotatable bonds is 1. The molecule has 0 N–H and O–H groups in total. The smallest absolute Gasteiger partial charge is 0.182 e. The zero-order valence-corrected chi connectivity index (χ0v) is 5.32. The molecule has 6 heavy (non-hydrogen) atoms. The van der Waals surface area contributed by atoms with Crippen molar-refractivity contribution >= 4 is 12.6 Å². The maximum atomic E-state index is 8.81. The fraction of sp³-hybridized carbons (Fsp3) is 0. The third-order valence-corrected chi connectivity index (χ3v) is 0.0556. The Labute approximate surface area is 58.6 Å². The van der Waals surface area contributed by atoms with Crippen molar-refractivity contribution in [1.82, 2.24) is 0 Å². The average molecular weight is 220 g/mol. The molecule has 0 aliphatic carbocycles. The maximum Gasteiger partial charge on any atom is 0.182 e. The molecular formula is C2H2CoO2Rh. The second-order valence-corrected chi connectivity index (χ2v) is 0.272. The van der Waals surface area contributed by atoms with E-state index < -0.39 is 0 Å². The molecule has 0 fully saturated rings. The zero-order chi connectivity index (χ0) is 3.41. The summed E-state index contributed by atoms with van der Waals surface area (Å²) in [5, 5.41) is 0. The van der Waals surface area contributed by atoms with E-state index in [0.717, 1.165) is 0 Å². The van der Waals surface area contributed by atoms with Gasteiger partial charge in [0.05, 0.1) is 0 Å². The number of carbonyl (C=O) groups excluding carboxylic acids is 2. The Hall–Kier alpha value is 0.470. The maximum absolute atomic E-state index is 8.81. The molecular weight excluding hydrogens is 218 g/mol. The molecule has 40 valence electrons. The average Bonchev–Trinajstić information content (AvgIpc) is 1.37. The van der Waals surface area contributed by atoms with Gasteiger partial charge in [0.1, 0.15) is 0 Å². The Morgan fingerprint density at radius 3 is 1.17 bits per heavy atom. The van der Waals surface area contributed by atoms with Gasteiger partial charge in [0, 0.05) is 36.3 Å². The summed E-state index contributed by atoms with van der Waals surface area (Å²) in [4.78, 5) is 17.6. The molecule has 0 unspecified atom stereocenters. The molecule has 0 aromatic heterocycles. The Bertz CT molecular complexity index is 32.5. The predicted molar refractivity (Wildman–Crippen MR) is 12.1 cm³/mol. The molecule has 2 nitrogen and oxygen atoms in total. The Morgan fingerprint density at radius 1 is 1.00 bits per heavy atom. The Balaban J connectivity index is -0.0000000450. The minimum absolute atomic E-state index is 0. The molecule has 0 aliphatic rings. The zero-order valence-electron chi connectivity index (χ0n) is 2.64. The van der Waals surface area contributed by atoms with Gasteiger partial charge in [0.2, 0.25) is 0 Å². The molecule has 0 saturated heterocycles. The number of aldehydes is 2. The van der Waals surface area contributed by atoms with Crippen LogP contribution in [0.2, 0.25) is 0 Å². The van der Waals surface area contributed by atoms with Gasteiger partial charge in [0.15, 0.2) is 12.6 Å². The monoisotopic (exact) mass is 220 g/mol. The van der Waals surface area contributed by atoms with E-state index in [2.05, 4.69) is 0 Å². The topological polar surface area (TPSA) is 34.1 Å². The van der Waals surface area contributed by atoms with Crippen LogP contribution in [0.3, 0.4) is 0 Å². The van der Waals surface area contributed by atoms with Crippen molar-refractivity contribution < 1.29 is 45.8 Å². The van der Waals surface area contributed by atoms with Gasteiger partial charge in [-0.1, -0.05) is 0 Å². The first kappa shape index (κ1) is 16.1. The molecule has 0 bridgehead atoms. The fourth-order valence-electron chi connectivity index (χ4n) is 0. The van der Waals surface area contributed by atoms with Crippen LogP contribution in [0.15, 0.2) is 0 Å². The first-order valence-corrected chi connectivity index (χ1v) is 0.805. The summed E-state index contributed by atoms with van der Waals surface area (Å²) >= 11 is 0. The fourth-order valence-corrected chi connectivity index (χ4v) is 0. The van der Waals surface area contributed by atoms with Gasteiger partial charge >= 0.3 is 0 Å². The molecule has 0 saturated carbocycles. The van der Waals surface area contributed by atoms with E-state index >= 15 is 0 Å². The Morgan fingerprint density at radius 2 is 1.17 bits per heavy atom. The van der Waals surface area contributed by atoms with Crippen LogP contribution in [0.1, 0.15) is 0 Å². The van der Waals surface area contributed by atoms with Crippen LogP contribution in [0.5, 0.6) is 0 Å². The molecule has 0 atom stereocenters. The van der Waals surface area contributed by atoms with E-state index in [4.69, 9.17) is 9.59 Å². The quantitative estimate of drug-likeness (QED) is 0.335. The molecule has 2 radical (unpaired) electrons. The van der Waals surface area contributed by atoms with Crippen molar-refractivity contribution in [3.63, 3.8) is 0 Å². The summed E-state index contributed by atoms with van der Waals surface area (Å²) in [6.45, 7) is 0. The van der Waals surface area contributed by atoms with Crippen LogP contribution in [-0.2, 0) is 45.8 Å². The van der Waals surface area contributed by atoms with E-state index in [1.807, 2.05) is 0 Å². The number of hydrogen-bond donors (Lipinski definition) is 0. The van der Waals surface area contributed by atoms with Gasteiger partial charge < -0.3 is 0 Å². The van der Waals surface area contributed by atoms with E-state index in [0.29, 0.717) is 0 Å². The number of carbonyl (C=O) groups is 2. The summed E-state index contributed by atoms with van der Waals surface area (Å²) in [5.41, 5.74) is 0. The second-order valence-electron chi connectivity index (χ2n) is 0.272. The first-order valence-electron chi connectivity index (χ1n) is 0.805. The third-order valence-electron chi connectivity index (χ3n) is 0.0556. The molecule has 0 aliphatic heterocycles. The van der Waals surface area contributed by atoms with Gasteiger partial charge in [-0.3, -0.25) is 9.59 Å². The van der Waals surface area contributed by atoms with Crippen LogP contribution in [0.4, 0.5) is 0 Å². The minimum atomic E-state index is 0. The van der Waals surface area contributed by atoms with Crippen LogP contribution in [0, 0.1) is 0 Å². The van der Waals surface area contributed by atoms with E-state index in [9.17, 15) is 0 Å². The van der Waals surface area contributed by atoms with Crippen molar-refractivity contribution in [2.45, 2.75) is 0 Å².